The Balaban J connectivity index is 2.27. The van der Waals surface area contributed by atoms with Crippen molar-refractivity contribution < 1.29 is 23.9 Å². The standard InChI is InChI=1S/C19H23N3O5S/c1-12(15-16(23)21-19(28)22(17(15)24)9-10-26-2)20-14(18(25)27-3)11-13-7-5-4-6-8-13/h4-8,14-15H,9-11H2,1-3H3,(H,21,23,28)/t14-,15?/m0/s1. The molecule has 9 heteroatoms. The number of esters is 1. The Labute approximate surface area is 168 Å². The molecule has 2 rings (SSSR count). The molecule has 1 fully saturated rings. The van der Waals surface area contributed by atoms with E-state index in [4.69, 9.17) is 21.7 Å². The molecular weight excluding hydrogens is 382 g/mol. The van der Waals surface area contributed by atoms with Crippen LogP contribution in [0.25, 0.3) is 0 Å². The first-order chi connectivity index (χ1) is 13.4. The van der Waals surface area contributed by atoms with Crippen LogP contribution in [0.15, 0.2) is 35.3 Å². The number of thiocarbonyl (C=S) groups is 1. The highest BCUT2D eigenvalue weighted by atomic mass is 32.1. The second-order valence-electron chi connectivity index (χ2n) is 6.21. The summed E-state index contributed by atoms with van der Waals surface area (Å²) in [5.74, 6) is -2.76. The first-order valence-electron chi connectivity index (χ1n) is 8.70. The zero-order chi connectivity index (χ0) is 20.7. The van der Waals surface area contributed by atoms with Crippen LogP contribution in [0.4, 0.5) is 0 Å². The molecule has 1 saturated heterocycles. The average molecular weight is 405 g/mol. The lowest BCUT2D eigenvalue weighted by Crippen LogP contribution is -2.60. The number of nitrogens with one attached hydrogen (secondary N) is 1. The lowest BCUT2D eigenvalue weighted by Gasteiger charge is -2.32. The van der Waals surface area contributed by atoms with Crippen molar-refractivity contribution in [3.05, 3.63) is 35.9 Å². The van der Waals surface area contributed by atoms with Crippen LogP contribution in [0.2, 0.25) is 0 Å². The molecule has 1 aromatic carbocycles. The van der Waals surface area contributed by atoms with E-state index in [1.165, 1.54) is 19.1 Å². The first kappa shape index (κ1) is 21.6. The Morgan fingerprint density at radius 3 is 2.57 bits per heavy atom. The minimum Gasteiger partial charge on any atom is -0.467 e. The van der Waals surface area contributed by atoms with E-state index in [-0.39, 0.29) is 24.0 Å². The predicted octanol–water partition coefficient (Wildman–Crippen LogP) is 0.737. The van der Waals surface area contributed by atoms with Gasteiger partial charge >= 0.3 is 5.97 Å². The summed E-state index contributed by atoms with van der Waals surface area (Å²) in [4.78, 5) is 43.0. The van der Waals surface area contributed by atoms with Crippen molar-refractivity contribution in [2.45, 2.75) is 19.4 Å². The minimum absolute atomic E-state index is 0.0323. The molecule has 1 heterocycles. The van der Waals surface area contributed by atoms with Crippen molar-refractivity contribution >= 4 is 40.8 Å². The topological polar surface area (TPSA) is 97.3 Å². The highest BCUT2D eigenvalue weighted by Gasteiger charge is 2.40. The normalized spacial score (nSPS) is 18.7. The molecule has 0 radical (unpaired) electrons. The molecule has 0 aromatic heterocycles. The van der Waals surface area contributed by atoms with Gasteiger partial charge in [0.05, 0.1) is 20.3 Å². The Bertz CT molecular complexity index is 781. The van der Waals surface area contributed by atoms with Crippen molar-refractivity contribution in [1.29, 1.82) is 0 Å². The van der Waals surface area contributed by atoms with Gasteiger partial charge in [0.15, 0.2) is 17.1 Å². The number of carbonyl (C=O) groups is 3. The average Bonchev–Trinajstić information content (AvgIpc) is 2.67. The minimum atomic E-state index is -1.16. The van der Waals surface area contributed by atoms with Gasteiger partial charge in [-0.1, -0.05) is 30.3 Å². The van der Waals surface area contributed by atoms with Crippen LogP contribution in [0, 0.1) is 5.92 Å². The summed E-state index contributed by atoms with van der Waals surface area (Å²) in [6.45, 7) is 2.03. The van der Waals surface area contributed by atoms with Crippen LogP contribution in [-0.4, -0.2) is 66.9 Å². The highest BCUT2D eigenvalue weighted by molar-refractivity contribution is 7.80. The van der Waals surface area contributed by atoms with E-state index in [0.29, 0.717) is 6.42 Å². The van der Waals surface area contributed by atoms with Crippen molar-refractivity contribution in [2.24, 2.45) is 10.9 Å². The second kappa shape index (κ2) is 10.0. The van der Waals surface area contributed by atoms with Crippen molar-refractivity contribution in [1.82, 2.24) is 10.2 Å². The molecule has 0 saturated carbocycles. The van der Waals surface area contributed by atoms with Gasteiger partial charge in [-0.2, -0.15) is 0 Å². The van der Waals surface area contributed by atoms with E-state index in [9.17, 15) is 14.4 Å². The lowest BCUT2D eigenvalue weighted by molar-refractivity contribution is -0.142. The first-order valence-corrected chi connectivity index (χ1v) is 9.11. The van der Waals surface area contributed by atoms with Crippen LogP contribution in [0.1, 0.15) is 12.5 Å². The zero-order valence-electron chi connectivity index (χ0n) is 16.0. The highest BCUT2D eigenvalue weighted by Crippen LogP contribution is 2.16. The lowest BCUT2D eigenvalue weighted by atomic mass is 9.98. The number of rotatable bonds is 8. The molecule has 150 valence electrons. The number of aliphatic imine (C=N–C) groups is 1. The van der Waals surface area contributed by atoms with Gasteiger partial charge in [0.1, 0.15) is 0 Å². The van der Waals surface area contributed by atoms with Crippen LogP contribution in [0.3, 0.4) is 0 Å². The predicted molar refractivity (Wildman–Crippen MR) is 107 cm³/mol. The number of hydrogen-bond acceptors (Lipinski definition) is 7. The zero-order valence-corrected chi connectivity index (χ0v) is 16.8. The van der Waals surface area contributed by atoms with Crippen LogP contribution in [0.5, 0.6) is 0 Å². The number of hydrogen-bond donors (Lipinski definition) is 1. The summed E-state index contributed by atoms with van der Waals surface area (Å²) in [5.41, 5.74) is 1.11. The number of nitrogens with zero attached hydrogens (tertiary/aromatic N) is 2. The molecule has 2 atom stereocenters. The van der Waals surface area contributed by atoms with Gasteiger partial charge < -0.3 is 14.8 Å². The number of carbonyl (C=O) groups excluding carboxylic acids is 3. The summed E-state index contributed by atoms with van der Waals surface area (Å²) >= 11 is 5.07. The van der Waals surface area contributed by atoms with Gasteiger partial charge in [-0.05, 0) is 24.7 Å². The van der Waals surface area contributed by atoms with Gasteiger partial charge in [-0.15, -0.1) is 0 Å². The summed E-state index contributed by atoms with van der Waals surface area (Å²) in [6.07, 6.45) is 0.291. The molecular formula is C19H23N3O5S. The van der Waals surface area contributed by atoms with E-state index in [0.717, 1.165) is 5.56 Å². The largest absolute Gasteiger partial charge is 0.467 e. The van der Waals surface area contributed by atoms with Crippen LogP contribution < -0.4 is 5.32 Å². The molecule has 0 spiro atoms. The molecule has 1 aromatic rings. The molecule has 2 amide bonds. The van der Waals surface area contributed by atoms with Crippen LogP contribution >= 0.6 is 12.2 Å². The van der Waals surface area contributed by atoms with Gasteiger partial charge in [-0.25, -0.2) is 4.79 Å². The van der Waals surface area contributed by atoms with Gasteiger partial charge in [-0.3, -0.25) is 19.5 Å². The fourth-order valence-corrected chi connectivity index (χ4v) is 3.13. The third kappa shape index (κ3) is 5.20. The van der Waals surface area contributed by atoms with E-state index in [1.807, 2.05) is 30.3 Å². The SMILES string of the molecule is COCCN1C(=O)C(C(C)=N[C@@H](Cc2ccccc2)C(=O)OC)C(=O)NC1=S. The second-order valence-corrected chi connectivity index (χ2v) is 6.60. The van der Waals surface area contributed by atoms with E-state index in [1.54, 1.807) is 6.92 Å². The Hall–Kier alpha value is -2.65. The smallest absolute Gasteiger partial charge is 0.330 e. The fraction of sp³-hybridized carbons (Fsp3) is 0.421. The molecule has 1 aliphatic rings. The quantitative estimate of drug-likeness (QED) is 0.297. The molecule has 1 aliphatic heterocycles. The molecule has 0 bridgehead atoms. The maximum absolute atomic E-state index is 12.8. The molecule has 8 nitrogen and oxygen atoms in total. The number of benzene rings is 1. The Kier molecular flexibility index (Phi) is 7.77. The van der Waals surface area contributed by atoms with Crippen molar-refractivity contribution in [3.63, 3.8) is 0 Å². The van der Waals surface area contributed by atoms with Crippen molar-refractivity contribution in [3.8, 4) is 0 Å². The third-order valence-electron chi connectivity index (χ3n) is 4.29. The van der Waals surface area contributed by atoms with E-state index < -0.39 is 29.7 Å². The molecule has 1 unspecified atom stereocenters. The molecule has 1 N–H and O–H groups in total. The number of methoxy groups -OCH3 is 2. The van der Waals surface area contributed by atoms with Crippen LogP contribution in [-0.2, 0) is 30.3 Å². The third-order valence-corrected chi connectivity index (χ3v) is 4.61. The summed E-state index contributed by atoms with van der Waals surface area (Å²) in [5, 5.41) is 2.54. The maximum atomic E-state index is 12.8. The molecule has 28 heavy (non-hydrogen) atoms. The Morgan fingerprint density at radius 2 is 1.96 bits per heavy atom. The maximum Gasteiger partial charge on any atom is 0.330 e. The van der Waals surface area contributed by atoms with Gasteiger partial charge in [0.2, 0.25) is 11.8 Å². The van der Waals surface area contributed by atoms with Gasteiger partial charge in [0.25, 0.3) is 0 Å². The summed E-state index contributed by atoms with van der Waals surface area (Å²) in [6, 6.07) is 8.44. The van der Waals surface area contributed by atoms with Crippen molar-refractivity contribution in [2.75, 3.05) is 27.4 Å². The molecule has 0 aliphatic carbocycles. The Morgan fingerprint density at radius 1 is 1.29 bits per heavy atom. The number of ether oxygens (including phenoxy) is 2. The van der Waals surface area contributed by atoms with E-state index in [2.05, 4.69) is 10.3 Å². The fourth-order valence-electron chi connectivity index (χ4n) is 2.85. The summed E-state index contributed by atoms with van der Waals surface area (Å²) in [7, 11) is 2.78. The van der Waals surface area contributed by atoms with Gasteiger partial charge in [0, 0.05) is 19.2 Å². The number of amides is 2. The monoisotopic (exact) mass is 405 g/mol. The summed E-state index contributed by atoms with van der Waals surface area (Å²) < 4.78 is 9.82. The van der Waals surface area contributed by atoms with E-state index >= 15 is 0 Å².